The molecule has 2 atom stereocenters. The molecule has 0 aliphatic heterocycles. The summed E-state index contributed by atoms with van der Waals surface area (Å²) >= 11 is 0. The van der Waals surface area contributed by atoms with Crippen LogP contribution in [0.5, 0.6) is 34.5 Å². The lowest BCUT2D eigenvalue weighted by Gasteiger charge is -2.29. The number of carbonyl (C=O) groups excluding carboxylic acids is 2. The molecule has 0 unspecified atom stereocenters. The molecule has 10 heteroatoms. The zero-order chi connectivity index (χ0) is 51.7. The number of ketones is 2. The summed E-state index contributed by atoms with van der Waals surface area (Å²) in [7, 11) is 0. The van der Waals surface area contributed by atoms with Crippen LogP contribution in [0.2, 0.25) is 0 Å². The number of ether oxygens (including phenoxy) is 4. The maximum absolute atomic E-state index is 12.5. The van der Waals surface area contributed by atoms with Gasteiger partial charge in [-0.15, -0.1) is 0 Å². The summed E-state index contributed by atoms with van der Waals surface area (Å²) in [5.74, 6) is 4.78. The Morgan fingerprint density at radius 2 is 0.770 bits per heavy atom. The molecular weight excluding hydrogens is 921 g/mol. The molecule has 0 fully saturated rings. The predicted octanol–water partition coefficient (Wildman–Crippen LogP) is 12.5. The second-order valence-corrected chi connectivity index (χ2v) is 17.9. The van der Waals surface area contributed by atoms with E-state index in [9.17, 15) is 9.59 Å². The second kappa shape index (κ2) is 28.8. The first-order chi connectivity index (χ1) is 36.2. The van der Waals surface area contributed by atoms with Gasteiger partial charge in [0.1, 0.15) is 59.3 Å². The van der Waals surface area contributed by atoms with Gasteiger partial charge in [-0.3, -0.25) is 19.4 Å². The number of para-hydroxylation sites is 2. The summed E-state index contributed by atoms with van der Waals surface area (Å²) < 4.78 is 24.0. The number of nitrogens with two attached hydrogens (primary N) is 2. The van der Waals surface area contributed by atoms with Crippen molar-refractivity contribution in [3.8, 4) is 34.5 Å². The highest BCUT2D eigenvalue weighted by Crippen LogP contribution is 2.26. The molecule has 8 rings (SSSR count). The van der Waals surface area contributed by atoms with Crippen LogP contribution in [-0.2, 0) is 42.4 Å². The fourth-order valence-corrected chi connectivity index (χ4v) is 8.34. The van der Waals surface area contributed by atoms with Gasteiger partial charge in [0, 0.05) is 39.3 Å². The molecule has 0 bridgehead atoms. The molecule has 0 aliphatic carbocycles. The molecule has 0 radical (unpaired) electrons. The van der Waals surface area contributed by atoms with Crippen LogP contribution in [0, 0.1) is 0 Å². The predicted molar refractivity (Wildman–Crippen MR) is 296 cm³/mol. The molecule has 0 heterocycles. The van der Waals surface area contributed by atoms with Gasteiger partial charge in [0.15, 0.2) is 0 Å². The molecule has 8 aromatic carbocycles. The number of benzene rings is 8. The smallest absolute Gasteiger partial charge is 0.148 e. The van der Waals surface area contributed by atoms with E-state index < -0.39 is 0 Å². The van der Waals surface area contributed by atoms with E-state index in [1.807, 2.05) is 212 Å². The Morgan fingerprint density at radius 1 is 0.419 bits per heavy atom. The van der Waals surface area contributed by atoms with Crippen molar-refractivity contribution in [2.75, 3.05) is 19.6 Å². The molecule has 0 amide bonds. The fraction of sp³-hybridized carbons (Fsp3) is 0.188. The molecule has 0 spiro atoms. The van der Waals surface area contributed by atoms with Crippen molar-refractivity contribution in [2.24, 2.45) is 11.5 Å². The van der Waals surface area contributed by atoms with Crippen LogP contribution >= 0.6 is 0 Å². The lowest BCUT2D eigenvalue weighted by Crippen LogP contribution is -2.44. The van der Waals surface area contributed by atoms with E-state index in [2.05, 4.69) is 28.0 Å². The first-order valence-electron chi connectivity index (χ1n) is 24.9. The monoisotopic (exact) mass is 986 g/mol. The maximum Gasteiger partial charge on any atom is 0.148 e. The number of rotatable bonds is 25. The molecule has 10 nitrogen and oxygen atoms in total. The molecule has 8 aromatic rings. The normalized spacial score (nSPS) is 11.9. The number of nitrogens with zero attached hydrogens (tertiary/aromatic N) is 2. The van der Waals surface area contributed by atoms with Gasteiger partial charge < -0.3 is 30.4 Å². The van der Waals surface area contributed by atoms with Gasteiger partial charge in [-0.1, -0.05) is 158 Å². The molecule has 0 aromatic heterocycles. The first kappa shape index (κ1) is 53.7. The minimum Gasteiger partial charge on any atom is -0.489 e. The molecule has 0 saturated heterocycles. The number of Topliss-reactive ketones (excluding diaryl/α,β-unsaturated/α-hetero) is 2. The maximum atomic E-state index is 12.5. The second-order valence-electron chi connectivity index (χ2n) is 17.9. The van der Waals surface area contributed by atoms with Crippen molar-refractivity contribution in [3.05, 3.63) is 258 Å². The van der Waals surface area contributed by atoms with E-state index in [0.29, 0.717) is 39.4 Å². The van der Waals surface area contributed by atoms with E-state index in [0.717, 1.165) is 67.9 Å². The van der Waals surface area contributed by atoms with Crippen LogP contribution in [0.1, 0.15) is 47.2 Å². The molecule has 0 aliphatic rings. The molecule has 0 saturated carbocycles. The van der Waals surface area contributed by atoms with Crippen molar-refractivity contribution < 1.29 is 28.5 Å². The Morgan fingerprint density at radius 3 is 1.22 bits per heavy atom. The molecule has 378 valence electrons. The summed E-state index contributed by atoms with van der Waals surface area (Å²) in [6.07, 6.45) is 4.09. The Labute approximate surface area is 436 Å². The van der Waals surface area contributed by atoms with E-state index in [1.165, 1.54) is 0 Å². The third-order valence-corrected chi connectivity index (χ3v) is 12.1. The van der Waals surface area contributed by atoms with Gasteiger partial charge in [-0.2, -0.15) is 0 Å². The zero-order valence-corrected chi connectivity index (χ0v) is 42.2. The van der Waals surface area contributed by atoms with Gasteiger partial charge in [0.2, 0.25) is 0 Å². The summed E-state index contributed by atoms with van der Waals surface area (Å²) in [5.41, 5.74) is 18.5. The van der Waals surface area contributed by atoms with Crippen molar-refractivity contribution in [1.82, 2.24) is 9.80 Å². The van der Waals surface area contributed by atoms with Gasteiger partial charge in [-0.05, 0) is 120 Å². The van der Waals surface area contributed by atoms with E-state index in [-0.39, 0.29) is 36.7 Å². The van der Waals surface area contributed by atoms with Gasteiger partial charge in [0.05, 0.1) is 12.1 Å². The number of carbonyl (C=O) groups is 2. The zero-order valence-electron chi connectivity index (χ0n) is 42.2. The van der Waals surface area contributed by atoms with Crippen LogP contribution in [0.3, 0.4) is 0 Å². The van der Waals surface area contributed by atoms with Gasteiger partial charge in [0.25, 0.3) is 0 Å². The summed E-state index contributed by atoms with van der Waals surface area (Å²) in [6.45, 7) is 6.97. The Kier molecular flexibility index (Phi) is 20.9. The summed E-state index contributed by atoms with van der Waals surface area (Å²) in [5, 5.41) is 0. The van der Waals surface area contributed by atoms with Crippen molar-refractivity contribution >= 4 is 17.6 Å². The SMILES string of the molecule is CC(=O)[C@H](CN)N(C/C=C/c1cccc(Oc2ccccc2)c1)Cc1cccc(Oc2ccccc2)c1.CC(=O)[C@H](CN)N(Cc1cccc(OCc2ccccc2)c1)Cc1cccc(OCc2ccccc2)c1. The lowest BCUT2D eigenvalue weighted by atomic mass is 10.1. The van der Waals surface area contributed by atoms with Crippen LogP contribution in [0.15, 0.2) is 224 Å². The largest absolute Gasteiger partial charge is 0.489 e. The average Bonchev–Trinajstić information content (AvgIpc) is 3.42. The van der Waals surface area contributed by atoms with Gasteiger partial charge in [-0.25, -0.2) is 0 Å². The van der Waals surface area contributed by atoms with Crippen molar-refractivity contribution in [2.45, 2.75) is 58.8 Å². The summed E-state index contributed by atoms with van der Waals surface area (Å²) in [4.78, 5) is 29.1. The van der Waals surface area contributed by atoms with E-state index in [1.54, 1.807) is 13.8 Å². The molecular formula is C64H66N4O6. The highest BCUT2D eigenvalue weighted by molar-refractivity contribution is 5.82. The third-order valence-electron chi connectivity index (χ3n) is 12.1. The van der Waals surface area contributed by atoms with Crippen LogP contribution in [0.25, 0.3) is 6.08 Å². The van der Waals surface area contributed by atoms with Crippen molar-refractivity contribution in [3.63, 3.8) is 0 Å². The highest BCUT2D eigenvalue weighted by Gasteiger charge is 2.23. The highest BCUT2D eigenvalue weighted by atomic mass is 16.5. The van der Waals surface area contributed by atoms with Crippen LogP contribution < -0.4 is 30.4 Å². The quantitative estimate of drug-likeness (QED) is 0.0571. The summed E-state index contributed by atoms with van der Waals surface area (Å²) in [6, 6.07) is 70.7. The minimum absolute atomic E-state index is 0.0471. The van der Waals surface area contributed by atoms with E-state index in [4.69, 9.17) is 30.4 Å². The number of hydrogen-bond acceptors (Lipinski definition) is 10. The van der Waals surface area contributed by atoms with Crippen LogP contribution in [-0.4, -0.2) is 53.1 Å². The minimum atomic E-state index is -0.386. The topological polar surface area (TPSA) is 130 Å². The first-order valence-corrected chi connectivity index (χ1v) is 24.9. The number of hydrogen-bond donors (Lipinski definition) is 2. The molecule has 4 N–H and O–H groups in total. The standard InChI is InChI=1S/C32H32N2O3.C32H34N2O3/c1-25(35)32(23-33)34(24-27-12-9-19-31(22-27)37-29-16-6-3-7-17-29)20-10-13-26-11-8-18-30(21-26)36-28-14-4-2-5-15-28;1-25(35)32(20-33)34(21-28-14-8-16-30(18-28)36-23-26-10-4-2-5-11-26)22-29-15-9-17-31(19-29)37-24-27-12-6-3-7-13-27/h2-19,21-22,32H,20,23-24,33H2,1H3;2-19,32H,20-24,33H2,1H3/b13-10+;/t2*32-/m00/s1. The van der Waals surface area contributed by atoms with Gasteiger partial charge >= 0.3 is 0 Å². The lowest BCUT2D eigenvalue weighted by molar-refractivity contribution is -0.122. The Bertz CT molecular complexity index is 2880. The average molecular weight is 987 g/mol. The fourth-order valence-electron chi connectivity index (χ4n) is 8.34. The van der Waals surface area contributed by atoms with Crippen LogP contribution in [0.4, 0.5) is 0 Å². The molecule has 74 heavy (non-hydrogen) atoms. The third kappa shape index (κ3) is 17.6. The van der Waals surface area contributed by atoms with Crippen molar-refractivity contribution in [1.29, 1.82) is 0 Å². The Hall–Kier alpha value is -8.12. The Balaban J connectivity index is 0.000000216. The van der Waals surface area contributed by atoms with E-state index >= 15 is 0 Å².